The highest BCUT2D eigenvalue weighted by Crippen LogP contribution is 2.22. The standard InChI is InChI=1S/C11H8BrNO3/c1-2-16-11(15)8-3-7(5-13)4-10(12)9(8)6-14/h3-4,6H,2H2,1H3. The Kier molecular flexibility index (Phi) is 4.20. The predicted octanol–water partition coefficient (Wildman–Crippen LogP) is 2.31. The first-order chi connectivity index (χ1) is 7.63. The number of halogens is 1. The minimum absolute atomic E-state index is 0.0998. The van der Waals surface area contributed by atoms with Gasteiger partial charge in [0.2, 0.25) is 0 Å². The van der Waals surface area contributed by atoms with Crippen molar-refractivity contribution in [3.05, 3.63) is 33.3 Å². The van der Waals surface area contributed by atoms with Crippen LogP contribution >= 0.6 is 15.9 Å². The van der Waals surface area contributed by atoms with Crippen molar-refractivity contribution in [3.8, 4) is 6.07 Å². The lowest BCUT2D eigenvalue weighted by Crippen LogP contribution is -2.09. The van der Waals surface area contributed by atoms with E-state index in [0.29, 0.717) is 16.3 Å². The highest BCUT2D eigenvalue weighted by molar-refractivity contribution is 9.10. The fraction of sp³-hybridized carbons (Fsp3) is 0.182. The fourth-order valence-corrected chi connectivity index (χ4v) is 1.73. The largest absolute Gasteiger partial charge is 0.462 e. The summed E-state index contributed by atoms with van der Waals surface area (Å²) < 4.78 is 5.20. The molecule has 0 spiro atoms. The second-order valence-electron chi connectivity index (χ2n) is 2.87. The van der Waals surface area contributed by atoms with Gasteiger partial charge in [-0.05, 0) is 35.0 Å². The number of nitriles is 1. The number of carbonyl (C=O) groups is 2. The van der Waals surface area contributed by atoms with Crippen LogP contribution in [0.5, 0.6) is 0 Å². The van der Waals surface area contributed by atoms with Crippen molar-refractivity contribution in [2.75, 3.05) is 6.61 Å². The summed E-state index contributed by atoms with van der Waals surface area (Å²) in [5.74, 6) is -0.609. The summed E-state index contributed by atoms with van der Waals surface area (Å²) in [4.78, 5) is 22.4. The summed E-state index contributed by atoms with van der Waals surface area (Å²) >= 11 is 3.13. The van der Waals surface area contributed by atoms with Crippen molar-refractivity contribution in [2.45, 2.75) is 6.92 Å². The molecule has 0 heterocycles. The zero-order valence-corrected chi connectivity index (χ0v) is 10.1. The molecule has 82 valence electrons. The highest BCUT2D eigenvalue weighted by atomic mass is 79.9. The lowest BCUT2D eigenvalue weighted by atomic mass is 10.1. The van der Waals surface area contributed by atoms with Gasteiger partial charge < -0.3 is 4.74 Å². The van der Waals surface area contributed by atoms with E-state index in [4.69, 9.17) is 10.00 Å². The Morgan fingerprint density at radius 3 is 2.81 bits per heavy atom. The molecule has 1 rings (SSSR count). The number of aldehydes is 1. The van der Waals surface area contributed by atoms with Crippen LogP contribution in [0.15, 0.2) is 16.6 Å². The molecule has 16 heavy (non-hydrogen) atoms. The van der Waals surface area contributed by atoms with Crippen LogP contribution in [0.25, 0.3) is 0 Å². The molecule has 0 aliphatic rings. The zero-order chi connectivity index (χ0) is 12.1. The molecule has 0 aliphatic heterocycles. The molecule has 0 fully saturated rings. The number of hydrogen-bond acceptors (Lipinski definition) is 4. The van der Waals surface area contributed by atoms with Crippen LogP contribution in [0.2, 0.25) is 0 Å². The van der Waals surface area contributed by atoms with Crippen molar-refractivity contribution in [1.29, 1.82) is 5.26 Å². The fourth-order valence-electron chi connectivity index (χ4n) is 1.18. The van der Waals surface area contributed by atoms with Gasteiger partial charge in [0, 0.05) is 10.0 Å². The summed E-state index contributed by atoms with van der Waals surface area (Å²) in [7, 11) is 0. The van der Waals surface area contributed by atoms with E-state index in [9.17, 15) is 9.59 Å². The molecule has 4 nitrogen and oxygen atoms in total. The second-order valence-corrected chi connectivity index (χ2v) is 3.72. The average molecular weight is 282 g/mol. The van der Waals surface area contributed by atoms with E-state index in [1.807, 2.05) is 6.07 Å². The maximum absolute atomic E-state index is 11.5. The molecule has 0 atom stereocenters. The zero-order valence-electron chi connectivity index (χ0n) is 8.49. The van der Waals surface area contributed by atoms with E-state index in [1.165, 1.54) is 12.1 Å². The van der Waals surface area contributed by atoms with E-state index in [2.05, 4.69) is 15.9 Å². The highest BCUT2D eigenvalue weighted by Gasteiger charge is 2.16. The number of esters is 1. The van der Waals surface area contributed by atoms with Crippen molar-refractivity contribution in [3.63, 3.8) is 0 Å². The van der Waals surface area contributed by atoms with Gasteiger partial charge in [-0.15, -0.1) is 0 Å². The third kappa shape index (κ3) is 2.47. The van der Waals surface area contributed by atoms with Gasteiger partial charge >= 0.3 is 5.97 Å². The van der Waals surface area contributed by atoms with Crippen molar-refractivity contribution < 1.29 is 14.3 Å². The van der Waals surface area contributed by atoms with Crippen LogP contribution < -0.4 is 0 Å². The third-order valence-corrected chi connectivity index (χ3v) is 2.53. The third-order valence-electron chi connectivity index (χ3n) is 1.87. The Morgan fingerprint density at radius 1 is 1.62 bits per heavy atom. The summed E-state index contributed by atoms with van der Waals surface area (Å²) in [5.41, 5.74) is 0.584. The van der Waals surface area contributed by atoms with Gasteiger partial charge in [0.05, 0.1) is 23.8 Å². The Morgan fingerprint density at radius 2 is 2.31 bits per heavy atom. The molecule has 0 unspecified atom stereocenters. The summed E-state index contributed by atoms with van der Waals surface area (Å²) in [6, 6.07) is 4.72. The Bertz CT molecular complexity index is 477. The second kappa shape index (κ2) is 5.42. The summed E-state index contributed by atoms with van der Waals surface area (Å²) in [6.45, 7) is 1.88. The minimum Gasteiger partial charge on any atom is -0.462 e. The maximum Gasteiger partial charge on any atom is 0.338 e. The Balaban J connectivity index is 3.35. The van der Waals surface area contributed by atoms with Gasteiger partial charge in [-0.2, -0.15) is 5.26 Å². The number of rotatable bonds is 3. The van der Waals surface area contributed by atoms with Crippen LogP contribution in [-0.2, 0) is 4.74 Å². The first kappa shape index (κ1) is 12.4. The van der Waals surface area contributed by atoms with Crippen LogP contribution in [0.4, 0.5) is 0 Å². The minimum atomic E-state index is -0.609. The van der Waals surface area contributed by atoms with E-state index in [0.717, 1.165) is 0 Å². The Labute approximate surface area is 101 Å². The molecule has 0 aliphatic carbocycles. The number of hydrogen-bond donors (Lipinski definition) is 0. The first-order valence-corrected chi connectivity index (χ1v) is 5.29. The van der Waals surface area contributed by atoms with Crippen LogP contribution in [0.1, 0.15) is 33.2 Å². The number of ether oxygens (including phenoxy) is 1. The molecule has 1 aromatic carbocycles. The quantitative estimate of drug-likeness (QED) is 0.630. The smallest absolute Gasteiger partial charge is 0.338 e. The number of carbonyl (C=O) groups excluding carboxylic acids is 2. The summed E-state index contributed by atoms with van der Waals surface area (Å²) in [6.07, 6.45) is 0.553. The van der Waals surface area contributed by atoms with Gasteiger partial charge in [0.1, 0.15) is 0 Å². The molecule has 5 heteroatoms. The number of benzene rings is 1. The van der Waals surface area contributed by atoms with Crippen molar-refractivity contribution >= 4 is 28.2 Å². The molecule has 0 bridgehead atoms. The average Bonchev–Trinajstić information content (AvgIpc) is 2.28. The molecular weight excluding hydrogens is 274 g/mol. The first-order valence-electron chi connectivity index (χ1n) is 4.50. The van der Waals surface area contributed by atoms with E-state index in [1.54, 1.807) is 6.92 Å². The molecule has 0 radical (unpaired) electrons. The van der Waals surface area contributed by atoms with E-state index < -0.39 is 5.97 Å². The van der Waals surface area contributed by atoms with Gasteiger partial charge in [0.25, 0.3) is 0 Å². The predicted molar refractivity (Wildman–Crippen MR) is 60.2 cm³/mol. The molecule has 0 saturated heterocycles. The van der Waals surface area contributed by atoms with Crippen LogP contribution in [-0.4, -0.2) is 18.9 Å². The van der Waals surface area contributed by atoms with Gasteiger partial charge in [-0.3, -0.25) is 4.79 Å². The molecule has 1 aromatic rings. The van der Waals surface area contributed by atoms with Gasteiger partial charge in [-0.25, -0.2) is 4.79 Å². The molecule has 0 saturated carbocycles. The van der Waals surface area contributed by atoms with Crippen LogP contribution in [0.3, 0.4) is 0 Å². The molecule has 0 N–H and O–H groups in total. The van der Waals surface area contributed by atoms with E-state index in [-0.39, 0.29) is 17.7 Å². The SMILES string of the molecule is CCOC(=O)c1cc(C#N)cc(Br)c1C=O. The monoisotopic (exact) mass is 281 g/mol. The Hall–Kier alpha value is -1.67. The van der Waals surface area contributed by atoms with Crippen LogP contribution in [0, 0.1) is 11.3 Å². The molecular formula is C11H8BrNO3. The lowest BCUT2D eigenvalue weighted by Gasteiger charge is -2.06. The van der Waals surface area contributed by atoms with Crippen molar-refractivity contribution in [1.82, 2.24) is 0 Å². The molecule has 0 amide bonds. The van der Waals surface area contributed by atoms with Crippen molar-refractivity contribution in [2.24, 2.45) is 0 Å². The van der Waals surface area contributed by atoms with E-state index >= 15 is 0 Å². The van der Waals surface area contributed by atoms with Gasteiger partial charge in [0.15, 0.2) is 6.29 Å². The number of nitrogens with zero attached hydrogens (tertiary/aromatic N) is 1. The lowest BCUT2D eigenvalue weighted by molar-refractivity contribution is 0.0524. The maximum atomic E-state index is 11.5. The van der Waals surface area contributed by atoms with Gasteiger partial charge in [-0.1, -0.05) is 0 Å². The normalized spacial score (nSPS) is 9.31. The summed E-state index contributed by atoms with van der Waals surface area (Å²) in [5, 5.41) is 8.75. The molecule has 0 aromatic heterocycles. The topological polar surface area (TPSA) is 67.2 Å².